The lowest BCUT2D eigenvalue weighted by Gasteiger charge is -2.30. The average molecular weight is 283 g/mol. The van der Waals surface area contributed by atoms with Gasteiger partial charge in [0.25, 0.3) is 0 Å². The van der Waals surface area contributed by atoms with Crippen molar-refractivity contribution in [2.75, 3.05) is 6.61 Å². The molecule has 2 atom stereocenters. The van der Waals surface area contributed by atoms with Crippen molar-refractivity contribution in [1.82, 2.24) is 19.5 Å². The van der Waals surface area contributed by atoms with Crippen LogP contribution in [0.1, 0.15) is 32.4 Å². The van der Waals surface area contributed by atoms with E-state index in [4.69, 9.17) is 21.1 Å². The standard InChI is InChI=1S/C12H15ClN4O2/c1-2-18-9-5-3-4-8(19-9)17-7-16-10-11(13)14-6-15-12(10)17/h6-9H,2-5H2,1H3/t8-,9+/m0/s1. The molecular formula is C12H15ClN4O2. The molecule has 7 heteroatoms. The van der Waals surface area contributed by atoms with Gasteiger partial charge in [0.15, 0.2) is 17.1 Å². The fraction of sp³-hybridized carbons (Fsp3) is 0.583. The van der Waals surface area contributed by atoms with E-state index in [-0.39, 0.29) is 12.5 Å². The van der Waals surface area contributed by atoms with Crippen molar-refractivity contribution in [3.8, 4) is 0 Å². The highest BCUT2D eigenvalue weighted by molar-refractivity contribution is 6.33. The number of fused-ring (bicyclic) bond motifs is 1. The first-order chi connectivity index (χ1) is 9.29. The summed E-state index contributed by atoms with van der Waals surface area (Å²) in [6, 6.07) is 0. The molecule has 1 fully saturated rings. The Bertz CT molecular complexity index is 572. The van der Waals surface area contributed by atoms with Gasteiger partial charge in [0.2, 0.25) is 0 Å². The van der Waals surface area contributed by atoms with Crippen LogP contribution in [-0.4, -0.2) is 32.4 Å². The van der Waals surface area contributed by atoms with E-state index < -0.39 is 0 Å². The fourth-order valence-corrected chi connectivity index (χ4v) is 2.49. The summed E-state index contributed by atoms with van der Waals surface area (Å²) in [6.45, 7) is 2.61. The van der Waals surface area contributed by atoms with Crippen LogP contribution in [0.3, 0.4) is 0 Å². The van der Waals surface area contributed by atoms with Gasteiger partial charge < -0.3 is 9.47 Å². The number of ether oxygens (including phenoxy) is 2. The van der Waals surface area contributed by atoms with Gasteiger partial charge in [-0.25, -0.2) is 15.0 Å². The molecule has 1 saturated heterocycles. The van der Waals surface area contributed by atoms with E-state index in [0.29, 0.717) is 22.9 Å². The Labute approximate surface area is 115 Å². The minimum Gasteiger partial charge on any atom is -0.353 e. The molecule has 3 rings (SSSR count). The van der Waals surface area contributed by atoms with Gasteiger partial charge in [0.05, 0.1) is 6.33 Å². The molecule has 0 N–H and O–H groups in total. The van der Waals surface area contributed by atoms with E-state index in [0.717, 1.165) is 19.3 Å². The third-order valence-electron chi connectivity index (χ3n) is 3.18. The molecular weight excluding hydrogens is 268 g/mol. The highest BCUT2D eigenvalue weighted by Crippen LogP contribution is 2.30. The van der Waals surface area contributed by atoms with Crippen molar-refractivity contribution in [3.05, 3.63) is 17.8 Å². The minimum absolute atomic E-state index is 0.110. The molecule has 2 aromatic rings. The Morgan fingerprint density at radius 1 is 1.42 bits per heavy atom. The van der Waals surface area contributed by atoms with Gasteiger partial charge >= 0.3 is 0 Å². The molecule has 0 bridgehead atoms. The number of halogens is 1. The van der Waals surface area contributed by atoms with Crippen LogP contribution in [0.25, 0.3) is 11.2 Å². The molecule has 0 spiro atoms. The molecule has 1 aliphatic heterocycles. The van der Waals surface area contributed by atoms with Crippen LogP contribution in [0.4, 0.5) is 0 Å². The van der Waals surface area contributed by atoms with E-state index in [9.17, 15) is 0 Å². The largest absolute Gasteiger partial charge is 0.353 e. The van der Waals surface area contributed by atoms with Gasteiger partial charge in [-0.1, -0.05) is 11.6 Å². The fourth-order valence-electron chi connectivity index (χ4n) is 2.32. The highest BCUT2D eigenvalue weighted by Gasteiger charge is 2.25. The van der Waals surface area contributed by atoms with Crippen molar-refractivity contribution < 1.29 is 9.47 Å². The van der Waals surface area contributed by atoms with Gasteiger partial charge in [-0.15, -0.1) is 0 Å². The molecule has 2 aromatic heterocycles. The number of hydrogen-bond donors (Lipinski definition) is 0. The molecule has 0 unspecified atom stereocenters. The maximum Gasteiger partial charge on any atom is 0.166 e. The van der Waals surface area contributed by atoms with Crippen LogP contribution < -0.4 is 0 Å². The summed E-state index contributed by atoms with van der Waals surface area (Å²) in [5.74, 6) is 0. The first-order valence-electron chi connectivity index (χ1n) is 6.39. The predicted octanol–water partition coefficient (Wildman–Crippen LogP) is 2.54. The first-order valence-corrected chi connectivity index (χ1v) is 6.77. The van der Waals surface area contributed by atoms with Gasteiger partial charge in [0.1, 0.15) is 18.1 Å². The lowest BCUT2D eigenvalue weighted by molar-refractivity contribution is -0.211. The number of hydrogen-bond acceptors (Lipinski definition) is 5. The lowest BCUT2D eigenvalue weighted by atomic mass is 10.1. The number of aromatic nitrogens is 4. The molecule has 0 radical (unpaired) electrons. The molecule has 102 valence electrons. The van der Waals surface area contributed by atoms with E-state index in [1.165, 1.54) is 6.33 Å². The molecule has 0 aliphatic carbocycles. The zero-order chi connectivity index (χ0) is 13.2. The molecule has 1 aliphatic rings. The van der Waals surface area contributed by atoms with Gasteiger partial charge in [-0.2, -0.15) is 0 Å². The van der Waals surface area contributed by atoms with Crippen LogP contribution in [0, 0.1) is 0 Å². The van der Waals surface area contributed by atoms with Crippen molar-refractivity contribution >= 4 is 22.8 Å². The molecule has 0 saturated carbocycles. The van der Waals surface area contributed by atoms with E-state index in [1.807, 2.05) is 11.5 Å². The van der Waals surface area contributed by atoms with Crippen LogP contribution in [0.15, 0.2) is 12.7 Å². The maximum atomic E-state index is 6.00. The Hall–Kier alpha value is -1.24. The van der Waals surface area contributed by atoms with Crippen LogP contribution in [0.2, 0.25) is 5.15 Å². The van der Waals surface area contributed by atoms with E-state index >= 15 is 0 Å². The third kappa shape index (κ3) is 2.43. The van der Waals surface area contributed by atoms with Crippen LogP contribution >= 0.6 is 11.6 Å². The van der Waals surface area contributed by atoms with Gasteiger partial charge in [0, 0.05) is 6.61 Å². The Balaban J connectivity index is 1.89. The first kappa shape index (κ1) is 12.8. The summed E-state index contributed by atoms with van der Waals surface area (Å²) in [7, 11) is 0. The third-order valence-corrected chi connectivity index (χ3v) is 3.45. The summed E-state index contributed by atoms with van der Waals surface area (Å²) >= 11 is 6.00. The van der Waals surface area contributed by atoms with Crippen molar-refractivity contribution in [3.63, 3.8) is 0 Å². The molecule has 0 aromatic carbocycles. The SMILES string of the molecule is CCO[C@H]1CCC[C@@H](n2cnc3c(Cl)ncnc32)O1. The van der Waals surface area contributed by atoms with Gasteiger partial charge in [-0.3, -0.25) is 4.57 Å². The summed E-state index contributed by atoms with van der Waals surface area (Å²) in [4.78, 5) is 12.4. The van der Waals surface area contributed by atoms with Crippen molar-refractivity contribution in [2.24, 2.45) is 0 Å². The molecule has 0 amide bonds. The normalized spacial score (nSPS) is 23.9. The zero-order valence-corrected chi connectivity index (χ0v) is 11.4. The second-order valence-corrected chi connectivity index (χ2v) is 4.75. The summed E-state index contributed by atoms with van der Waals surface area (Å²) in [5.41, 5.74) is 1.30. The number of rotatable bonds is 3. The summed E-state index contributed by atoms with van der Waals surface area (Å²) in [5, 5.41) is 0.362. The summed E-state index contributed by atoms with van der Waals surface area (Å²) < 4.78 is 13.3. The number of nitrogens with zero attached hydrogens (tertiary/aromatic N) is 4. The Kier molecular flexibility index (Phi) is 3.63. The highest BCUT2D eigenvalue weighted by atomic mass is 35.5. The van der Waals surface area contributed by atoms with Gasteiger partial charge in [-0.05, 0) is 26.2 Å². The van der Waals surface area contributed by atoms with E-state index in [2.05, 4.69) is 15.0 Å². The molecule has 6 nitrogen and oxygen atoms in total. The maximum absolute atomic E-state index is 6.00. The molecule has 19 heavy (non-hydrogen) atoms. The predicted molar refractivity (Wildman–Crippen MR) is 69.7 cm³/mol. The smallest absolute Gasteiger partial charge is 0.166 e. The Morgan fingerprint density at radius 2 is 2.32 bits per heavy atom. The lowest BCUT2D eigenvalue weighted by Crippen LogP contribution is -2.28. The topological polar surface area (TPSA) is 62.1 Å². The summed E-state index contributed by atoms with van der Waals surface area (Å²) in [6.07, 6.45) is 5.76. The van der Waals surface area contributed by atoms with Crippen LogP contribution in [0.5, 0.6) is 0 Å². The average Bonchev–Trinajstić information content (AvgIpc) is 2.85. The zero-order valence-electron chi connectivity index (χ0n) is 10.6. The van der Waals surface area contributed by atoms with Crippen molar-refractivity contribution in [2.45, 2.75) is 38.7 Å². The monoisotopic (exact) mass is 282 g/mol. The quantitative estimate of drug-likeness (QED) is 0.810. The number of imidazole rings is 1. The minimum atomic E-state index is -0.154. The van der Waals surface area contributed by atoms with Crippen LogP contribution in [-0.2, 0) is 9.47 Å². The second kappa shape index (κ2) is 5.40. The van der Waals surface area contributed by atoms with Crippen molar-refractivity contribution in [1.29, 1.82) is 0 Å². The second-order valence-electron chi connectivity index (χ2n) is 4.40. The molecule has 3 heterocycles. The Morgan fingerprint density at radius 3 is 3.16 bits per heavy atom. The van der Waals surface area contributed by atoms with E-state index in [1.54, 1.807) is 6.33 Å².